The molecule has 2 aliphatic rings. The van der Waals surface area contributed by atoms with Crippen LogP contribution in [0, 0.1) is 12.8 Å². The highest BCUT2D eigenvalue weighted by Crippen LogP contribution is 2.42. The quantitative estimate of drug-likeness (QED) is 0.673. The van der Waals surface area contributed by atoms with Crippen LogP contribution in [-0.2, 0) is 4.79 Å². The third kappa shape index (κ3) is 4.19. The van der Waals surface area contributed by atoms with Crippen molar-refractivity contribution in [2.75, 3.05) is 5.73 Å². The topological polar surface area (TPSA) is 131 Å². The summed E-state index contributed by atoms with van der Waals surface area (Å²) in [6.45, 7) is 5.55. The minimum Gasteiger partial charge on any atom is -0.508 e. The molecule has 164 valence electrons. The average molecular weight is 425 g/mol. The third-order valence-electron chi connectivity index (χ3n) is 6.19. The van der Waals surface area contributed by atoms with Gasteiger partial charge in [-0.05, 0) is 69.9 Å². The zero-order valence-corrected chi connectivity index (χ0v) is 18.1. The average Bonchev–Trinajstić information content (AvgIpc) is 2.67. The zero-order valence-electron chi connectivity index (χ0n) is 18.1. The molecule has 1 aliphatic carbocycles. The third-order valence-corrected chi connectivity index (χ3v) is 6.19. The van der Waals surface area contributed by atoms with Gasteiger partial charge in [-0.1, -0.05) is 12.1 Å². The summed E-state index contributed by atoms with van der Waals surface area (Å²) in [4.78, 5) is 24.1. The van der Waals surface area contributed by atoms with E-state index in [2.05, 4.69) is 9.97 Å². The molecule has 1 saturated carbocycles. The van der Waals surface area contributed by atoms with Crippen molar-refractivity contribution in [3.8, 4) is 11.6 Å². The van der Waals surface area contributed by atoms with Crippen molar-refractivity contribution in [1.29, 1.82) is 0 Å². The predicted octanol–water partition coefficient (Wildman–Crippen LogP) is 4.11. The Bertz CT molecular complexity index is 1060. The zero-order chi connectivity index (χ0) is 22.3. The minimum absolute atomic E-state index is 0.219. The van der Waals surface area contributed by atoms with Crippen molar-refractivity contribution in [1.82, 2.24) is 9.97 Å². The molecule has 2 heterocycles. The lowest BCUT2D eigenvalue weighted by Gasteiger charge is -2.33. The number of rotatable bonds is 4. The smallest absolute Gasteiger partial charge is 0.303 e. The predicted molar refractivity (Wildman–Crippen MR) is 117 cm³/mol. The van der Waals surface area contributed by atoms with Gasteiger partial charge in [0.15, 0.2) is 11.5 Å². The molecule has 2 aromatic rings. The van der Waals surface area contributed by atoms with E-state index in [4.69, 9.17) is 20.6 Å². The summed E-state index contributed by atoms with van der Waals surface area (Å²) in [5.41, 5.74) is 7.97. The number of hydrogen-bond donors (Lipinski definition) is 3. The summed E-state index contributed by atoms with van der Waals surface area (Å²) >= 11 is 0. The highest BCUT2D eigenvalue weighted by atomic mass is 16.5. The number of aliphatic imine (C=N–C) groups is 1. The standard InChI is InChI=1S/C23H28N4O4/c1-12-25-21(24)19-22(26-12)31-23(2,3)20(27-19)15-8-9-16(17(28)11-15)14-6-4-13(5-7-14)10-18(29)30/h8-9,11,13-14,28H,4-7,10H2,1-3H3,(H,29,30)(H2,24,25,26)/t13-,14-. The summed E-state index contributed by atoms with van der Waals surface area (Å²) in [7, 11) is 0. The van der Waals surface area contributed by atoms with Crippen molar-refractivity contribution >= 4 is 23.2 Å². The fourth-order valence-electron chi connectivity index (χ4n) is 4.65. The molecular formula is C23H28N4O4. The molecule has 31 heavy (non-hydrogen) atoms. The van der Waals surface area contributed by atoms with E-state index < -0.39 is 11.6 Å². The maximum Gasteiger partial charge on any atom is 0.303 e. The lowest BCUT2D eigenvalue weighted by atomic mass is 9.77. The van der Waals surface area contributed by atoms with Gasteiger partial charge in [0.1, 0.15) is 17.2 Å². The highest BCUT2D eigenvalue weighted by Gasteiger charge is 2.36. The summed E-state index contributed by atoms with van der Waals surface area (Å²) in [6, 6.07) is 5.60. The maximum atomic E-state index is 11.0. The van der Waals surface area contributed by atoms with E-state index >= 15 is 0 Å². The molecule has 0 spiro atoms. The molecule has 1 aromatic heterocycles. The Hall–Kier alpha value is -3.16. The number of nitrogen functional groups attached to an aromatic ring is 1. The van der Waals surface area contributed by atoms with E-state index in [0.29, 0.717) is 23.1 Å². The van der Waals surface area contributed by atoms with Gasteiger partial charge in [0.05, 0.1) is 5.71 Å². The van der Waals surface area contributed by atoms with Crippen molar-refractivity contribution in [2.24, 2.45) is 10.9 Å². The molecular weight excluding hydrogens is 396 g/mol. The van der Waals surface area contributed by atoms with E-state index in [1.807, 2.05) is 26.0 Å². The van der Waals surface area contributed by atoms with Gasteiger partial charge in [-0.15, -0.1) is 0 Å². The SMILES string of the molecule is Cc1nc(N)c2c(n1)OC(C)(C)C(c1ccc([C@H]3CC[C@H](CC(=O)O)CC3)c(O)c1)=N2. The van der Waals surface area contributed by atoms with Crippen molar-refractivity contribution in [2.45, 2.75) is 64.4 Å². The number of benzene rings is 1. The van der Waals surface area contributed by atoms with Gasteiger partial charge in [-0.3, -0.25) is 4.79 Å². The molecule has 4 rings (SSSR count). The number of hydrogen-bond acceptors (Lipinski definition) is 7. The number of nitrogens with two attached hydrogens (primary N) is 1. The lowest BCUT2D eigenvalue weighted by Crippen LogP contribution is -2.41. The molecule has 0 saturated heterocycles. The second-order valence-corrected chi connectivity index (χ2v) is 8.97. The molecule has 1 aromatic carbocycles. The van der Waals surface area contributed by atoms with Crippen LogP contribution in [0.2, 0.25) is 0 Å². The first-order chi connectivity index (χ1) is 14.6. The van der Waals surface area contributed by atoms with Gasteiger partial charge in [0.25, 0.3) is 0 Å². The van der Waals surface area contributed by atoms with E-state index in [-0.39, 0.29) is 29.8 Å². The number of aromatic nitrogens is 2. The molecule has 0 atom stereocenters. The molecule has 0 unspecified atom stereocenters. The van der Waals surface area contributed by atoms with Gasteiger partial charge in [-0.25, -0.2) is 9.98 Å². The summed E-state index contributed by atoms with van der Waals surface area (Å²) in [6.07, 6.45) is 3.70. The number of nitrogens with zero attached hydrogens (tertiary/aromatic N) is 3. The van der Waals surface area contributed by atoms with Gasteiger partial charge in [-0.2, -0.15) is 4.98 Å². The van der Waals surface area contributed by atoms with Crippen LogP contribution < -0.4 is 10.5 Å². The molecule has 0 radical (unpaired) electrons. The Balaban J connectivity index is 1.60. The number of ether oxygens (including phenoxy) is 1. The number of anilines is 1. The Kier molecular flexibility index (Phi) is 5.33. The number of aliphatic carboxylic acids is 1. The van der Waals surface area contributed by atoms with Crippen LogP contribution in [0.15, 0.2) is 23.2 Å². The Morgan fingerprint density at radius 2 is 1.94 bits per heavy atom. The normalized spacial score (nSPS) is 22.2. The van der Waals surface area contributed by atoms with Crippen LogP contribution in [0.3, 0.4) is 0 Å². The lowest BCUT2D eigenvalue weighted by molar-refractivity contribution is -0.138. The number of carboxylic acids is 1. The second-order valence-electron chi connectivity index (χ2n) is 8.97. The molecule has 1 aliphatic heterocycles. The van der Waals surface area contributed by atoms with Gasteiger partial charge >= 0.3 is 5.97 Å². The Morgan fingerprint density at radius 1 is 1.23 bits per heavy atom. The molecule has 4 N–H and O–H groups in total. The van der Waals surface area contributed by atoms with Crippen LogP contribution in [0.5, 0.6) is 11.6 Å². The largest absolute Gasteiger partial charge is 0.508 e. The fourth-order valence-corrected chi connectivity index (χ4v) is 4.65. The number of aryl methyl sites for hydroxylation is 1. The van der Waals surface area contributed by atoms with Crippen LogP contribution in [-0.4, -0.2) is 37.5 Å². The first kappa shape index (κ1) is 21.1. The van der Waals surface area contributed by atoms with Crippen LogP contribution in [0.4, 0.5) is 11.5 Å². The van der Waals surface area contributed by atoms with Crippen LogP contribution >= 0.6 is 0 Å². The van der Waals surface area contributed by atoms with E-state index in [1.165, 1.54) is 0 Å². The first-order valence-electron chi connectivity index (χ1n) is 10.6. The van der Waals surface area contributed by atoms with E-state index in [9.17, 15) is 9.90 Å². The monoisotopic (exact) mass is 424 g/mol. The van der Waals surface area contributed by atoms with Crippen LogP contribution in [0.25, 0.3) is 0 Å². The minimum atomic E-state index is -0.761. The van der Waals surface area contributed by atoms with E-state index in [1.54, 1.807) is 13.0 Å². The number of phenols is 1. The summed E-state index contributed by atoms with van der Waals surface area (Å²) in [5, 5.41) is 19.8. The van der Waals surface area contributed by atoms with Gasteiger partial charge in [0.2, 0.25) is 5.88 Å². The first-order valence-corrected chi connectivity index (χ1v) is 10.6. The number of carboxylic acid groups (broad SMARTS) is 1. The molecule has 8 nitrogen and oxygen atoms in total. The Labute approximate surface area is 181 Å². The summed E-state index contributed by atoms with van der Waals surface area (Å²) in [5.74, 6) is 1.07. The highest BCUT2D eigenvalue weighted by molar-refractivity contribution is 6.09. The Morgan fingerprint density at radius 3 is 2.58 bits per heavy atom. The van der Waals surface area contributed by atoms with Crippen molar-refractivity contribution in [3.05, 3.63) is 35.2 Å². The number of fused-ring (bicyclic) bond motifs is 1. The second kappa shape index (κ2) is 7.83. The molecule has 0 bridgehead atoms. The van der Waals surface area contributed by atoms with E-state index in [0.717, 1.165) is 36.8 Å². The number of phenolic OH excluding ortho intramolecular Hbond substituents is 1. The maximum absolute atomic E-state index is 11.0. The van der Waals surface area contributed by atoms with Gasteiger partial charge in [0, 0.05) is 12.0 Å². The number of aromatic hydroxyl groups is 1. The van der Waals surface area contributed by atoms with Crippen molar-refractivity contribution in [3.63, 3.8) is 0 Å². The number of carbonyl (C=O) groups is 1. The molecule has 0 amide bonds. The molecule has 8 heteroatoms. The van der Waals surface area contributed by atoms with Gasteiger partial charge < -0.3 is 20.7 Å². The van der Waals surface area contributed by atoms with Crippen molar-refractivity contribution < 1.29 is 19.7 Å². The fraction of sp³-hybridized carbons (Fsp3) is 0.478. The summed E-state index contributed by atoms with van der Waals surface area (Å²) < 4.78 is 6.09. The molecule has 1 fully saturated rings. The van der Waals surface area contributed by atoms with Crippen LogP contribution in [0.1, 0.15) is 68.8 Å².